The highest BCUT2D eigenvalue weighted by Crippen LogP contribution is 2.52. The van der Waals surface area contributed by atoms with E-state index in [1.807, 2.05) is 78.9 Å². The van der Waals surface area contributed by atoms with Crippen LogP contribution in [0.3, 0.4) is 0 Å². The van der Waals surface area contributed by atoms with Gasteiger partial charge in [-0.25, -0.2) is 4.79 Å². The van der Waals surface area contributed by atoms with E-state index in [4.69, 9.17) is 9.47 Å². The molecule has 0 aliphatic heterocycles. The molecule has 0 aromatic heterocycles. The fourth-order valence-electron chi connectivity index (χ4n) is 7.44. The van der Waals surface area contributed by atoms with Crippen molar-refractivity contribution < 1.29 is 23.9 Å². The summed E-state index contributed by atoms with van der Waals surface area (Å²) in [6.07, 6.45) is 3.94. The lowest BCUT2D eigenvalue weighted by Gasteiger charge is -2.39. The minimum Gasteiger partial charge on any atom is -0.493 e. The number of carbonyl (C=O) groups excluding carboxylic acids is 1. The molecule has 4 atom stereocenters. The molecule has 3 aromatic carbocycles. The lowest BCUT2D eigenvalue weighted by atomic mass is 9.91. The zero-order chi connectivity index (χ0) is 25.6. The first-order valence-corrected chi connectivity index (χ1v) is 13.5. The molecule has 0 saturated heterocycles. The molecule has 0 amide bonds. The fraction of sp³-hybridized carbons (Fsp3) is 0.406. The van der Waals surface area contributed by atoms with E-state index in [0.717, 1.165) is 47.2 Å². The Morgan fingerprint density at radius 3 is 2.22 bits per heavy atom. The molecular weight excluding hydrogens is 462 g/mol. The van der Waals surface area contributed by atoms with E-state index in [-0.39, 0.29) is 6.10 Å². The van der Waals surface area contributed by atoms with Crippen molar-refractivity contribution in [2.45, 2.75) is 43.4 Å². The number of carbonyl (C=O) groups is 1. The van der Waals surface area contributed by atoms with Crippen LogP contribution in [0.25, 0.3) is 11.1 Å². The number of hydrogen-bond donors (Lipinski definition) is 1. The SMILES string of the molecule is C[N+](C)(CCCOc1ccccc1)C1[C@H]2CC[C@@H]1[C@H](OC(=O)C1(O)c3ccccc3-c3ccccc31)C2. The van der Waals surface area contributed by atoms with Crippen molar-refractivity contribution >= 4 is 5.97 Å². The van der Waals surface area contributed by atoms with Crippen molar-refractivity contribution in [1.82, 2.24) is 0 Å². The number of aliphatic hydroxyl groups is 1. The molecule has 5 nitrogen and oxygen atoms in total. The first-order valence-electron chi connectivity index (χ1n) is 13.5. The molecule has 3 aliphatic carbocycles. The zero-order valence-electron chi connectivity index (χ0n) is 21.7. The van der Waals surface area contributed by atoms with Gasteiger partial charge in [-0.2, -0.15) is 0 Å². The van der Waals surface area contributed by atoms with E-state index in [1.165, 1.54) is 6.42 Å². The molecule has 0 spiro atoms. The van der Waals surface area contributed by atoms with E-state index in [2.05, 4.69) is 14.1 Å². The Morgan fingerprint density at radius 2 is 1.54 bits per heavy atom. The molecule has 2 saturated carbocycles. The van der Waals surface area contributed by atoms with Crippen LogP contribution < -0.4 is 4.74 Å². The average Bonchev–Trinajstić information content (AvgIpc) is 3.57. The summed E-state index contributed by atoms with van der Waals surface area (Å²) in [7, 11) is 4.61. The van der Waals surface area contributed by atoms with E-state index in [0.29, 0.717) is 35.6 Å². The van der Waals surface area contributed by atoms with Gasteiger partial charge in [0.25, 0.3) is 0 Å². The minimum absolute atomic E-state index is 0.154. The van der Waals surface area contributed by atoms with Gasteiger partial charge in [0.15, 0.2) is 0 Å². The second-order valence-corrected chi connectivity index (χ2v) is 11.5. The van der Waals surface area contributed by atoms with Gasteiger partial charge in [-0.1, -0.05) is 66.7 Å². The number of para-hydroxylation sites is 1. The van der Waals surface area contributed by atoms with Crippen molar-refractivity contribution in [3.05, 3.63) is 90.0 Å². The number of quaternary nitrogens is 1. The van der Waals surface area contributed by atoms with Crippen LogP contribution in [0.5, 0.6) is 5.75 Å². The topological polar surface area (TPSA) is 55.8 Å². The van der Waals surface area contributed by atoms with Crippen LogP contribution in [0, 0.1) is 11.8 Å². The predicted molar refractivity (Wildman–Crippen MR) is 143 cm³/mol. The normalized spacial score (nSPS) is 24.9. The summed E-state index contributed by atoms with van der Waals surface area (Å²) in [6.45, 7) is 1.70. The lowest BCUT2D eigenvalue weighted by Crippen LogP contribution is -2.53. The van der Waals surface area contributed by atoms with Gasteiger partial charge in [0.1, 0.15) is 11.9 Å². The van der Waals surface area contributed by atoms with Crippen LogP contribution in [0.2, 0.25) is 0 Å². The molecule has 2 fully saturated rings. The molecule has 6 rings (SSSR count). The van der Waals surface area contributed by atoms with Crippen LogP contribution in [-0.4, -0.2) is 55.0 Å². The summed E-state index contributed by atoms with van der Waals surface area (Å²) in [6, 6.07) is 25.7. The van der Waals surface area contributed by atoms with Crippen molar-refractivity contribution in [3.63, 3.8) is 0 Å². The highest BCUT2D eigenvalue weighted by atomic mass is 16.6. The third kappa shape index (κ3) is 4.05. The molecule has 3 aliphatic rings. The number of fused-ring (bicyclic) bond motifs is 5. The maximum atomic E-state index is 13.7. The highest BCUT2D eigenvalue weighted by Gasteiger charge is 2.58. The van der Waals surface area contributed by atoms with E-state index in [9.17, 15) is 9.90 Å². The number of nitrogens with zero attached hydrogens (tertiary/aromatic N) is 1. The lowest BCUT2D eigenvalue weighted by molar-refractivity contribution is -0.919. The zero-order valence-corrected chi connectivity index (χ0v) is 21.7. The summed E-state index contributed by atoms with van der Waals surface area (Å²) in [5, 5.41) is 11.9. The maximum Gasteiger partial charge on any atom is 0.348 e. The summed E-state index contributed by atoms with van der Waals surface area (Å²) in [4.78, 5) is 13.7. The Kier molecular flexibility index (Phi) is 6.09. The number of rotatable bonds is 8. The number of benzene rings is 3. The minimum atomic E-state index is -1.76. The second-order valence-electron chi connectivity index (χ2n) is 11.5. The van der Waals surface area contributed by atoms with Crippen LogP contribution in [-0.2, 0) is 15.1 Å². The summed E-state index contributed by atoms with van der Waals surface area (Å²) in [5.74, 6) is 1.22. The van der Waals surface area contributed by atoms with Crippen molar-refractivity contribution in [3.8, 4) is 16.9 Å². The predicted octanol–water partition coefficient (Wildman–Crippen LogP) is 5.16. The van der Waals surface area contributed by atoms with E-state index >= 15 is 0 Å². The monoisotopic (exact) mass is 498 g/mol. The molecular formula is C32H36NO4+. The standard InChI is InChI=1S/C32H36NO4/c1-33(2,19-10-20-36-23-11-4-3-5-12-23)30-22-17-18-26(30)29(21-22)37-31(34)32(35)27-15-8-6-13-24(27)25-14-7-9-16-28(25)32/h3-9,11-16,22,26,29-30,35H,10,17-21H2,1-2H3/q+1/t22-,26+,29+,30?/m0/s1. The van der Waals surface area contributed by atoms with Crippen LogP contribution in [0.1, 0.15) is 36.8 Å². The number of esters is 1. The van der Waals surface area contributed by atoms with Gasteiger partial charge in [0.2, 0.25) is 5.60 Å². The van der Waals surface area contributed by atoms with E-state index < -0.39 is 11.6 Å². The summed E-state index contributed by atoms with van der Waals surface area (Å²) in [5.41, 5.74) is 1.28. The first kappa shape index (κ1) is 24.2. The fourth-order valence-corrected chi connectivity index (χ4v) is 7.44. The molecule has 0 heterocycles. The largest absolute Gasteiger partial charge is 0.493 e. The second kappa shape index (κ2) is 9.30. The van der Waals surface area contributed by atoms with Crippen molar-refractivity contribution in [1.29, 1.82) is 0 Å². The van der Waals surface area contributed by atoms with Crippen molar-refractivity contribution in [2.75, 3.05) is 27.2 Å². The Labute approximate surface area is 219 Å². The molecule has 37 heavy (non-hydrogen) atoms. The molecule has 2 bridgehead atoms. The Bertz CT molecular complexity index is 1240. The molecule has 1 N–H and O–H groups in total. The maximum absolute atomic E-state index is 13.7. The summed E-state index contributed by atoms with van der Waals surface area (Å²) >= 11 is 0. The Balaban J connectivity index is 1.14. The van der Waals surface area contributed by atoms with Gasteiger partial charge < -0.3 is 19.1 Å². The first-order chi connectivity index (χ1) is 17.9. The molecule has 192 valence electrons. The summed E-state index contributed by atoms with van der Waals surface area (Å²) < 4.78 is 13.1. The average molecular weight is 499 g/mol. The molecule has 5 heteroatoms. The van der Waals surface area contributed by atoms with Crippen LogP contribution >= 0.6 is 0 Å². The molecule has 0 radical (unpaired) electrons. The van der Waals surface area contributed by atoms with Gasteiger partial charge >= 0.3 is 5.97 Å². The van der Waals surface area contributed by atoms with Gasteiger partial charge in [0.05, 0.1) is 33.3 Å². The Hall–Kier alpha value is -3.15. The van der Waals surface area contributed by atoms with Gasteiger partial charge in [0, 0.05) is 29.4 Å². The van der Waals surface area contributed by atoms with Gasteiger partial charge in [-0.15, -0.1) is 0 Å². The smallest absolute Gasteiger partial charge is 0.348 e. The van der Waals surface area contributed by atoms with Crippen LogP contribution in [0.15, 0.2) is 78.9 Å². The molecule has 1 unspecified atom stereocenters. The van der Waals surface area contributed by atoms with Crippen molar-refractivity contribution in [2.24, 2.45) is 11.8 Å². The third-order valence-electron chi connectivity index (χ3n) is 8.98. The van der Waals surface area contributed by atoms with E-state index in [1.54, 1.807) is 0 Å². The quantitative estimate of drug-likeness (QED) is 0.265. The number of ether oxygens (including phenoxy) is 2. The number of hydrogen-bond acceptors (Lipinski definition) is 4. The Morgan fingerprint density at radius 1 is 0.919 bits per heavy atom. The molecule has 3 aromatic rings. The third-order valence-corrected chi connectivity index (χ3v) is 8.98. The van der Waals surface area contributed by atoms with Crippen LogP contribution in [0.4, 0.5) is 0 Å². The van der Waals surface area contributed by atoms with Gasteiger partial charge in [-0.05, 0) is 42.5 Å². The highest BCUT2D eigenvalue weighted by molar-refractivity contribution is 5.96. The van der Waals surface area contributed by atoms with Gasteiger partial charge in [-0.3, -0.25) is 0 Å².